The first-order chi connectivity index (χ1) is 9.13. The number of nitrogens with zero attached hydrogens (tertiary/aromatic N) is 1. The van der Waals surface area contributed by atoms with E-state index in [1.165, 1.54) is 10.9 Å². The Hall–Kier alpha value is -1.61. The molecule has 2 aromatic rings. The maximum absolute atomic E-state index is 5.74. The summed E-state index contributed by atoms with van der Waals surface area (Å²) >= 11 is 0. The number of pyridine rings is 1. The van der Waals surface area contributed by atoms with Crippen molar-refractivity contribution in [3.8, 4) is 5.75 Å². The number of hydrogen-bond acceptors (Lipinski definition) is 3. The molecule has 0 aliphatic heterocycles. The lowest BCUT2D eigenvalue weighted by atomic mass is 9.97. The van der Waals surface area contributed by atoms with Crippen molar-refractivity contribution in [1.82, 2.24) is 4.98 Å². The number of rotatable bonds is 5. The summed E-state index contributed by atoms with van der Waals surface area (Å²) in [5, 5.41) is 1.18. The lowest BCUT2D eigenvalue weighted by Gasteiger charge is -2.13. The Kier molecular flexibility index (Phi) is 4.38. The zero-order valence-electron chi connectivity index (χ0n) is 11.9. The molecular formula is C16H22N2O. The summed E-state index contributed by atoms with van der Waals surface area (Å²) in [6, 6.07) is 8.26. The summed E-state index contributed by atoms with van der Waals surface area (Å²) in [7, 11) is 0. The average Bonchev–Trinajstić information content (AvgIpc) is 2.39. The zero-order chi connectivity index (χ0) is 13.8. The highest BCUT2D eigenvalue weighted by Crippen LogP contribution is 2.25. The van der Waals surface area contributed by atoms with Crippen LogP contribution < -0.4 is 10.5 Å². The second-order valence-electron chi connectivity index (χ2n) is 5.08. The summed E-state index contributed by atoms with van der Waals surface area (Å²) in [4.78, 5) is 4.58. The van der Waals surface area contributed by atoms with E-state index in [0.29, 0.717) is 19.1 Å². The highest BCUT2D eigenvalue weighted by molar-refractivity contribution is 5.84. The maximum atomic E-state index is 5.74. The average molecular weight is 258 g/mol. The van der Waals surface area contributed by atoms with Crippen LogP contribution >= 0.6 is 0 Å². The first kappa shape index (κ1) is 13.8. The minimum atomic E-state index is 0.473. The van der Waals surface area contributed by atoms with Gasteiger partial charge in [0.25, 0.3) is 0 Å². The molecule has 0 saturated carbocycles. The maximum Gasteiger partial charge on any atom is 0.120 e. The van der Waals surface area contributed by atoms with Gasteiger partial charge in [0.2, 0.25) is 0 Å². The predicted octanol–water partition coefficient (Wildman–Crippen LogP) is 3.08. The van der Waals surface area contributed by atoms with Gasteiger partial charge in [-0.25, -0.2) is 0 Å². The summed E-state index contributed by atoms with van der Waals surface area (Å²) in [5.74, 6) is 1.38. The minimum Gasteiger partial charge on any atom is -0.494 e. The molecule has 1 heterocycles. The summed E-state index contributed by atoms with van der Waals surface area (Å²) in [6.45, 7) is 7.59. The molecule has 0 fully saturated rings. The number of nitrogens with two attached hydrogens (primary N) is 1. The van der Waals surface area contributed by atoms with Crippen molar-refractivity contribution in [3.05, 3.63) is 35.5 Å². The van der Waals surface area contributed by atoms with Gasteiger partial charge in [-0.15, -0.1) is 0 Å². The molecular weight excluding hydrogens is 236 g/mol. The van der Waals surface area contributed by atoms with E-state index in [0.717, 1.165) is 23.4 Å². The SMILES string of the molecule is CCOc1ccc2nc(C)cc(CC(C)CN)c2c1. The molecule has 1 atom stereocenters. The van der Waals surface area contributed by atoms with Gasteiger partial charge >= 0.3 is 0 Å². The van der Waals surface area contributed by atoms with Crippen LogP contribution in [0, 0.1) is 12.8 Å². The molecule has 2 N–H and O–H groups in total. The third-order valence-corrected chi connectivity index (χ3v) is 3.28. The number of aromatic nitrogens is 1. The van der Waals surface area contributed by atoms with Gasteiger partial charge in [0.1, 0.15) is 5.75 Å². The molecule has 2 rings (SSSR count). The van der Waals surface area contributed by atoms with Gasteiger partial charge in [0, 0.05) is 11.1 Å². The van der Waals surface area contributed by atoms with Crippen LogP contribution in [0.4, 0.5) is 0 Å². The molecule has 1 unspecified atom stereocenters. The molecule has 1 aromatic heterocycles. The second kappa shape index (κ2) is 6.02. The highest BCUT2D eigenvalue weighted by atomic mass is 16.5. The Morgan fingerprint density at radius 2 is 2.11 bits per heavy atom. The number of benzene rings is 1. The molecule has 0 saturated heterocycles. The van der Waals surface area contributed by atoms with Crippen LogP contribution in [0.15, 0.2) is 24.3 Å². The molecule has 3 nitrogen and oxygen atoms in total. The van der Waals surface area contributed by atoms with Crippen LogP contribution in [-0.4, -0.2) is 18.1 Å². The van der Waals surface area contributed by atoms with Crippen molar-refractivity contribution < 1.29 is 4.74 Å². The number of fused-ring (bicyclic) bond motifs is 1. The highest BCUT2D eigenvalue weighted by Gasteiger charge is 2.09. The van der Waals surface area contributed by atoms with Gasteiger partial charge in [-0.2, -0.15) is 0 Å². The Bertz CT molecular complexity index is 566. The molecule has 3 heteroatoms. The van der Waals surface area contributed by atoms with E-state index in [-0.39, 0.29) is 0 Å². The third-order valence-electron chi connectivity index (χ3n) is 3.28. The van der Waals surface area contributed by atoms with Gasteiger partial charge in [0.15, 0.2) is 0 Å². The van der Waals surface area contributed by atoms with Gasteiger partial charge in [-0.3, -0.25) is 4.98 Å². The van der Waals surface area contributed by atoms with Crippen molar-refractivity contribution in [2.24, 2.45) is 11.7 Å². The van der Waals surface area contributed by atoms with Crippen LogP contribution in [0.1, 0.15) is 25.1 Å². The number of hydrogen-bond donors (Lipinski definition) is 1. The van der Waals surface area contributed by atoms with E-state index in [4.69, 9.17) is 10.5 Å². The van der Waals surface area contributed by atoms with E-state index in [1.54, 1.807) is 0 Å². The van der Waals surface area contributed by atoms with Gasteiger partial charge < -0.3 is 10.5 Å². The van der Waals surface area contributed by atoms with Crippen molar-refractivity contribution in [3.63, 3.8) is 0 Å². The summed E-state index contributed by atoms with van der Waals surface area (Å²) < 4.78 is 5.58. The fraction of sp³-hybridized carbons (Fsp3) is 0.438. The van der Waals surface area contributed by atoms with E-state index in [2.05, 4.69) is 24.0 Å². The monoisotopic (exact) mass is 258 g/mol. The summed E-state index contributed by atoms with van der Waals surface area (Å²) in [6.07, 6.45) is 0.978. The Balaban J connectivity index is 2.49. The van der Waals surface area contributed by atoms with Crippen LogP contribution in [0.3, 0.4) is 0 Å². The van der Waals surface area contributed by atoms with Crippen LogP contribution in [0.5, 0.6) is 5.75 Å². The van der Waals surface area contributed by atoms with E-state index < -0.39 is 0 Å². The van der Waals surface area contributed by atoms with Crippen LogP contribution in [0.2, 0.25) is 0 Å². The van der Waals surface area contributed by atoms with E-state index in [9.17, 15) is 0 Å². The fourth-order valence-corrected chi connectivity index (χ4v) is 2.31. The molecule has 0 radical (unpaired) electrons. The predicted molar refractivity (Wildman–Crippen MR) is 79.6 cm³/mol. The van der Waals surface area contributed by atoms with Crippen molar-refractivity contribution >= 4 is 10.9 Å². The number of ether oxygens (including phenoxy) is 1. The van der Waals surface area contributed by atoms with Crippen molar-refractivity contribution in [2.75, 3.05) is 13.2 Å². The van der Waals surface area contributed by atoms with Gasteiger partial charge in [0.05, 0.1) is 12.1 Å². The van der Waals surface area contributed by atoms with Gasteiger partial charge in [-0.05, 0) is 62.6 Å². The molecule has 0 spiro atoms. The quantitative estimate of drug-likeness (QED) is 0.896. The Morgan fingerprint density at radius 3 is 2.79 bits per heavy atom. The minimum absolute atomic E-state index is 0.473. The normalized spacial score (nSPS) is 12.6. The van der Waals surface area contributed by atoms with Crippen molar-refractivity contribution in [1.29, 1.82) is 0 Å². The smallest absolute Gasteiger partial charge is 0.120 e. The molecule has 0 bridgehead atoms. The Labute approximate surface area is 114 Å². The summed E-state index contributed by atoms with van der Waals surface area (Å²) in [5.41, 5.74) is 9.13. The molecule has 1 aromatic carbocycles. The van der Waals surface area contributed by atoms with E-state index in [1.807, 2.05) is 26.0 Å². The first-order valence-electron chi connectivity index (χ1n) is 6.87. The molecule has 102 valence electrons. The standard InChI is InChI=1S/C16H22N2O/c1-4-19-14-5-6-16-15(9-14)13(7-11(2)10-17)8-12(3)18-16/h5-6,8-9,11H,4,7,10,17H2,1-3H3. The lowest BCUT2D eigenvalue weighted by Crippen LogP contribution is -2.13. The zero-order valence-corrected chi connectivity index (χ0v) is 11.9. The van der Waals surface area contributed by atoms with Crippen LogP contribution in [0.25, 0.3) is 10.9 Å². The van der Waals surface area contributed by atoms with Gasteiger partial charge in [-0.1, -0.05) is 6.92 Å². The molecule has 0 aliphatic carbocycles. The molecule has 0 aliphatic rings. The van der Waals surface area contributed by atoms with Crippen molar-refractivity contribution in [2.45, 2.75) is 27.2 Å². The lowest BCUT2D eigenvalue weighted by molar-refractivity contribution is 0.340. The Morgan fingerprint density at radius 1 is 1.32 bits per heavy atom. The van der Waals surface area contributed by atoms with Crippen LogP contribution in [-0.2, 0) is 6.42 Å². The topological polar surface area (TPSA) is 48.1 Å². The third kappa shape index (κ3) is 3.24. The second-order valence-corrected chi connectivity index (χ2v) is 5.08. The first-order valence-corrected chi connectivity index (χ1v) is 6.87. The molecule has 19 heavy (non-hydrogen) atoms. The largest absolute Gasteiger partial charge is 0.494 e. The molecule has 0 amide bonds. The number of aryl methyl sites for hydroxylation is 1. The van der Waals surface area contributed by atoms with E-state index >= 15 is 0 Å². The fourth-order valence-electron chi connectivity index (χ4n) is 2.31.